The minimum atomic E-state index is -0.191. The Bertz CT molecular complexity index is 1600. The van der Waals surface area contributed by atoms with Gasteiger partial charge in [-0.05, 0) is 54.6 Å². The Hall–Kier alpha value is -4.92. The van der Waals surface area contributed by atoms with E-state index in [1.54, 1.807) is 29.2 Å². The van der Waals surface area contributed by atoms with E-state index in [4.69, 9.17) is 5.10 Å². The summed E-state index contributed by atoms with van der Waals surface area (Å²) in [7, 11) is 0. The number of imidazole rings is 1. The summed E-state index contributed by atoms with van der Waals surface area (Å²) in [6.45, 7) is 0. The first-order valence-corrected chi connectivity index (χ1v) is 10.2. The third-order valence-electron chi connectivity index (χ3n) is 5.28. The summed E-state index contributed by atoms with van der Waals surface area (Å²) in [5.41, 5.74) is 5.86. The number of aromatic nitrogens is 7. The summed E-state index contributed by atoms with van der Waals surface area (Å²) in [4.78, 5) is 24.2. The van der Waals surface area contributed by atoms with Crippen LogP contribution in [-0.4, -0.2) is 40.7 Å². The standard InChI is InChI=1S/C24H16N8O/c33-24(16-6-9-19-21(13-16)27-14-26-19)28-17-7-4-15(5-8-17)18-10-11-22-29-30-23(32(22)31-18)20-3-1-2-12-25-20/h1-14H,(H,26,27)(H,28,33). The SMILES string of the molecule is O=C(Nc1ccc(-c2ccc3nnc(-c4ccccn4)n3n2)cc1)c1ccc2nc[nH]c2c1. The molecule has 9 heteroatoms. The Morgan fingerprint density at radius 1 is 0.879 bits per heavy atom. The van der Waals surface area contributed by atoms with Gasteiger partial charge in [0.1, 0.15) is 5.69 Å². The van der Waals surface area contributed by atoms with Gasteiger partial charge in [-0.2, -0.15) is 9.61 Å². The predicted octanol–water partition coefficient (Wildman–Crippen LogP) is 3.98. The largest absolute Gasteiger partial charge is 0.345 e. The van der Waals surface area contributed by atoms with Crippen LogP contribution < -0.4 is 5.32 Å². The van der Waals surface area contributed by atoms with Gasteiger partial charge in [-0.1, -0.05) is 18.2 Å². The molecule has 0 saturated heterocycles. The van der Waals surface area contributed by atoms with Crippen LogP contribution in [0.5, 0.6) is 0 Å². The van der Waals surface area contributed by atoms with Crippen LogP contribution in [0, 0.1) is 0 Å². The predicted molar refractivity (Wildman–Crippen MR) is 123 cm³/mol. The Morgan fingerprint density at radius 3 is 2.64 bits per heavy atom. The number of nitrogens with one attached hydrogen (secondary N) is 2. The maximum absolute atomic E-state index is 12.6. The van der Waals surface area contributed by atoms with E-state index in [1.807, 2.05) is 60.7 Å². The fourth-order valence-corrected chi connectivity index (χ4v) is 3.60. The quantitative estimate of drug-likeness (QED) is 0.436. The van der Waals surface area contributed by atoms with Gasteiger partial charge in [-0.25, -0.2) is 4.98 Å². The van der Waals surface area contributed by atoms with Crippen molar-refractivity contribution in [3.8, 4) is 22.8 Å². The van der Waals surface area contributed by atoms with Crippen molar-refractivity contribution in [2.75, 3.05) is 5.32 Å². The number of fused-ring (bicyclic) bond motifs is 2. The van der Waals surface area contributed by atoms with E-state index in [0.29, 0.717) is 28.4 Å². The number of aromatic amines is 1. The second kappa shape index (κ2) is 7.65. The average Bonchev–Trinajstić information content (AvgIpc) is 3.51. The van der Waals surface area contributed by atoms with Gasteiger partial charge in [0.15, 0.2) is 5.65 Å². The highest BCUT2D eigenvalue weighted by Crippen LogP contribution is 2.22. The summed E-state index contributed by atoms with van der Waals surface area (Å²) in [6.07, 6.45) is 3.32. The van der Waals surface area contributed by atoms with Crippen LogP contribution in [0.3, 0.4) is 0 Å². The normalized spacial score (nSPS) is 11.2. The van der Waals surface area contributed by atoms with Gasteiger partial charge in [0, 0.05) is 23.0 Å². The van der Waals surface area contributed by atoms with Gasteiger partial charge in [-0.15, -0.1) is 10.2 Å². The zero-order valence-electron chi connectivity index (χ0n) is 17.2. The molecule has 9 nitrogen and oxygen atoms in total. The number of carbonyl (C=O) groups excluding carboxylic acids is 1. The lowest BCUT2D eigenvalue weighted by molar-refractivity contribution is 0.102. The number of H-pyrrole nitrogens is 1. The molecule has 6 rings (SSSR count). The molecule has 0 fully saturated rings. The van der Waals surface area contributed by atoms with Crippen LogP contribution in [0.15, 0.2) is 85.3 Å². The third kappa shape index (κ3) is 3.47. The van der Waals surface area contributed by atoms with Crippen LogP contribution in [-0.2, 0) is 0 Å². The summed E-state index contributed by atoms with van der Waals surface area (Å²) < 4.78 is 1.68. The van der Waals surface area contributed by atoms with Crippen molar-refractivity contribution in [2.24, 2.45) is 0 Å². The van der Waals surface area contributed by atoms with E-state index < -0.39 is 0 Å². The van der Waals surface area contributed by atoms with Gasteiger partial charge in [-0.3, -0.25) is 9.78 Å². The van der Waals surface area contributed by atoms with Gasteiger partial charge >= 0.3 is 0 Å². The van der Waals surface area contributed by atoms with E-state index in [2.05, 4.69) is 30.5 Å². The first kappa shape index (κ1) is 18.8. The summed E-state index contributed by atoms with van der Waals surface area (Å²) in [6, 6.07) is 22.2. The molecule has 2 aromatic carbocycles. The Balaban J connectivity index is 1.26. The molecule has 0 spiro atoms. The number of hydrogen-bond donors (Lipinski definition) is 2. The Morgan fingerprint density at radius 2 is 1.79 bits per heavy atom. The number of nitrogens with zero attached hydrogens (tertiary/aromatic N) is 6. The van der Waals surface area contributed by atoms with Gasteiger partial charge in [0.25, 0.3) is 5.91 Å². The van der Waals surface area contributed by atoms with Crippen molar-refractivity contribution in [3.05, 3.63) is 90.9 Å². The molecule has 0 aliphatic carbocycles. The number of anilines is 1. The average molecular weight is 432 g/mol. The highest BCUT2D eigenvalue weighted by Gasteiger charge is 2.12. The number of carbonyl (C=O) groups is 1. The van der Waals surface area contributed by atoms with Crippen LogP contribution in [0.1, 0.15) is 10.4 Å². The molecule has 4 heterocycles. The van der Waals surface area contributed by atoms with E-state index in [0.717, 1.165) is 22.3 Å². The van der Waals surface area contributed by atoms with E-state index in [-0.39, 0.29) is 5.91 Å². The van der Waals surface area contributed by atoms with Gasteiger partial charge in [0.2, 0.25) is 5.82 Å². The molecule has 158 valence electrons. The molecular weight excluding hydrogens is 416 g/mol. The minimum Gasteiger partial charge on any atom is -0.345 e. The molecule has 0 radical (unpaired) electrons. The van der Waals surface area contributed by atoms with Gasteiger partial charge < -0.3 is 10.3 Å². The molecule has 4 aromatic heterocycles. The van der Waals surface area contributed by atoms with E-state index in [9.17, 15) is 4.79 Å². The highest BCUT2D eigenvalue weighted by atomic mass is 16.1. The second-order valence-electron chi connectivity index (χ2n) is 7.39. The zero-order chi connectivity index (χ0) is 22.2. The maximum atomic E-state index is 12.6. The Kier molecular flexibility index (Phi) is 4.36. The number of benzene rings is 2. The van der Waals surface area contributed by atoms with Crippen molar-refractivity contribution in [1.29, 1.82) is 0 Å². The molecule has 6 aromatic rings. The summed E-state index contributed by atoms with van der Waals surface area (Å²) in [5.74, 6) is 0.383. The van der Waals surface area contributed by atoms with Crippen molar-refractivity contribution in [1.82, 2.24) is 34.8 Å². The number of hydrogen-bond acceptors (Lipinski definition) is 6. The molecule has 2 N–H and O–H groups in total. The molecular formula is C24H16N8O. The highest BCUT2D eigenvalue weighted by molar-refractivity contribution is 6.06. The molecule has 1 amide bonds. The van der Waals surface area contributed by atoms with Crippen LogP contribution >= 0.6 is 0 Å². The topological polar surface area (TPSA) is 114 Å². The Labute approximate surface area is 187 Å². The van der Waals surface area contributed by atoms with Gasteiger partial charge in [0.05, 0.1) is 23.1 Å². The van der Waals surface area contributed by atoms with Crippen molar-refractivity contribution >= 4 is 28.3 Å². The zero-order valence-corrected chi connectivity index (χ0v) is 17.2. The minimum absolute atomic E-state index is 0.191. The summed E-state index contributed by atoms with van der Waals surface area (Å²) >= 11 is 0. The van der Waals surface area contributed by atoms with E-state index in [1.165, 1.54) is 0 Å². The molecule has 33 heavy (non-hydrogen) atoms. The van der Waals surface area contributed by atoms with Crippen LogP contribution in [0.25, 0.3) is 39.5 Å². The van der Waals surface area contributed by atoms with Crippen molar-refractivity contribution in [3.63, 3.8) is 0 Å². The molecule has 0 atom stereocenters. The smallest absolute Gasteiger partial charge is 0.255 e. The number of amides is 1. The monoisotopic (exact) mass is 432 g/mol. The van der Waals surface area contributed by atoms with Crippen LogP contribution in [0.2, 0.25) is 0 Å². The van der Waals surface area contributed by atoms with Crippen LogP contribution in [0.4, 0.5) is 5.69 Å². The lowest BCUT2D eigenvalue weighted by atomic mass is 10.1. The lowest BCUT2D eigenvalue weighted by Gasteiger charge is -2.07. The molecule has 0 aliphatic rings. The maximum Gasteiger partial charge on any atom is 0.255 e. The fourth-order valence-electron chi connectivity index (χ4n) is 3.60. The number of rotatable bonds is 4. The molecule has 0 unspecified atom stereocenters. The number of pyridine rings is 1. The molecule has 0 bridgehead atoms. The van der Waals surface area contributed by atoms with E-state index >= 15 is 0 Å². The fraction of sp³-hybridized carbons (Fsp3) is 0. The van der Waals surface area contributed by atoms with Crippen molar-refractivity contribution in [2.45, 2.75) is 0 Å². The lowest BCUT2D eigenvalue weighted by Crippen LogP contribution is -2.11. The first-order valence-electron chi connectivity index (χ1n) is 10.2. The first-order chi connectivity index (χ1) is 16.2. The third-order valence-corrected chi connectivity index (χ3v) is 5.28. The second-order valence-corrected chi connectivity index (χ2v) is 7.39. The molecule has 0 aliphatic heterocycles. The molecule has 0 saturated carbocycles. The van der Waals surface area contributed by atoms with Crippen molar-refractivity contribution < 1.29 is 4.79 Å². The summed E-state index contributed by atoms with van der Waals surface area (Å²) in [5, 5.41) is 16.0.